The number of carbonyl (C=O) groups is 2. The first-order valence-corrected chi connectivity index (χ1v) is 8.94. The Morgan fingerprint density at radius 3 is 1.85 bits per heavy atom. The van der Waals surface area contributed by atoms with Crippen LogP contribution in [0.2, 0.25) is 0 Å². The monoisotopic (exact) mass is 346 g/mol. The van der Waals surface area contributed by atoms with Crippen LogP contribution in [0, 0.1) is 23.7 Å². The van der Waals surface area contributed by atoms with Gasteiger partial charge in [0.2, 0.25) is 5.91 Å². The highest BCUT2D eigenvalue weighted by atomic mass is 16.4. The molecule has 4 atom stereocenters. The zero-order chi connectivity index (χ0) is 18.1. The van der Waals surface area contributed by atoms with E-state index in [1.807, 2.05) is 72.8 Å². The molecule has 2 aliphatic rings. The Bertz CT molecular complexity index is 791. The van der Waals surface area contributed by atoms with Gasteiger partial charge in [-0.25, -0.2) is 0 Å². The summed E-state index contributed by atoms with van der Waals surface area (Å²) in [5.74, 6) is -2.75. The number of carboxylic acid groups (broad SMARTS) is 1. The van der Waals surface area contributed by atoms with Crippen LogP contribution in [0.1, 0.15) is 23.6 Å². The van der Waals surface area contributed by atoms with E-state index in [4.69, 9.17) is 0 Å². The fraction of sp³-hybridized carbons (Fsp3) is 0.273. The Hall–Kier alpha value is -2.88. The Kier molecular flexibility index (Phi) is 4.33. The van der Waals surface area contributed by atoms with Gasteiger partial charge in [-0.2, -0.15) is 0 Å². The maximum Gasteiger partial charge on any atom is 0.225 e. The molecule has 0 radical (unpaired) electrons. The van der Waals surface area contributed by atoms with Gasteiger partial charge in [0, 0.05) is 11.9 Å². The van der Waals surface area contributed by atoms with Gasteiger partial charge in [-0.15, -0.1) is 0 Å². The van der Waals surface area contributed by atoms with Crippen LogP contribution in [0.5, 0.6) is 0 Å². The van der Waals surface area contributed by atoms with E-state index in [1.54, 1.807) is 0 Å². The standard InChI is InChI=1S/C22H21NO3/c24-21(18-16-11-12-17(13-16)19(18)22(25)26)23-20(14-7-3-1-4-8-14)15-9-5-2-6-10-15/h1-12,16-20H,13H2,(H,23,24)(H,25,26)/p-1/t16-,17-,18+,19-/m0/s1. The molecule has 0 heterocycles. The summed E-state index contributed by atoms with van der Waals surface area (Å²) in [6.45, 7) is 0. The van der Waals surface area contributed by atoms with Gasteiger partial charge in [0.15, 0.2) is 0 Å². The maximum atomic E-state index is 13.1. The predicted octanol–water partition coefficient (Wildman–Crippen LogP) is 2.08. The van der Waals surface area contributed by atoms with Crippen LogP contribution >= 0.6 is 0 Å². The molecule has 0 aliphatic heterocycles. The number of benzene rings is 2. The topological polar surface area (TPSA) is 69.2 Å². The molecule has 2 aromatic rings. The number of carbonyl (C=O) groups excluding carboxylic acids is 2. The van der Waals surface area contributed by atoms with E-state index in [-0.39, 0.29) is 23.8 Å². The van der Waals surface area contributed by atoms with E-state index >= 15 is 0 Å². The quantitative estimate of drug-likeness (QED) is 0.843. The van der Waals surface area contributed by atoms with E-state index in [2.05, 4.69) is 5.32 Å². The van der Waals surface area contributed by atoms with Gasteiger partial charge >= 0.3 is 0 Å². The summed E-state index contributed by atoms with van der Waals surface area (Å²) >= 11 is 0. The van der Waals surface area contributed by atoms with Crippen molar-refractivity contribution in [3.05, 3.63) is 83.9 Å². The molecule has 1 amide bonds. The predicted molar refractivity (Wildman–Crippen MR) is 95.6 cm³/mol. The van der Waals surface area contributed by atoms with Crippen LogP contribution in [0.25, 0.3) is 0 Å². The zero-order valence-electron chi connectivity index (χ0n) is 14.2. The van der Waals surface area contributed by atoms with Crippen molar-refractivity contribution < 1.29 is 14.7 Å². The lowest BCUT2D eigenvalue weighted by molar-refractivity contribution is -0.313. The van der Waals surface area contributed by atoms with Crippen molar-refractivity contribution in [2.24, 2.45) is 23.7 Å². The maximum absolute atomic E-state index is 13.1. The van der Waals surface area contributed by atoms with Crippen molar-refractivity contribution in [2.45, 2.75) is 12.5 Å². The second-order valence-corrected chi connectivity index (χ2v) is 7.08. The van der Waals surface area contributed by atoms with E-state index in [1.165, 1.54) is 0 Å². The molecule has 2 bridgehead atoms. The molecular weight excluding hydrogens is 326 g/mol. The third kappa shape index (κ3) is 2.92. The minimum Gasteiger partial charge on any atom is -0.550 e. The molecule has 26 heavy (non-hydrogen) atoms. The largest absolute Gasteiger partial charge is 0.550 e. The molecule has 2 aromatic carbocycles. The fourth-order valence-electron chi connectivity index (χ4n) is 4.39. The van der Waals surface area contributed by atoms with Crippen molar-refractivity contribution in [3.8, 4) is 0 Å². The molecule has 132 valence electrons. The lowest BCUT2D eigenvalue weighted by Gasteiger charge is -2.30. The summed E-state index contributed by atoms with van der Waals surface area (Å²) < 4.78 is 0. The summed E-state index contributed by atoms with van der Waals surface area (Å²) in [5.41, 5.74) is 1.94. The fourth-order valence-corrected chi connectivity index (χ4v) is 4.39. The van der Waals surface area contributed by atoms with E-state index in [0.29, 0.717) is 0 Å². The van der Waals surface area contributed by atoms with Crippen LogP contribution < -0.4 is 10.4 Å². The molecule has 4 rings (SSSR count). The number of nitrogens with one attached hydrogen (secondary N) is 1. The smallest absolute Gasteiger partial charge is 0.225 e. The zero-order valence-corrected chi connectivity index (χ0v) is 14.2. The first-order valence-electron chi connectivity index (χ1n) is 8.94. The highest BCUT2D eigenvalue weighted by molar-refractivity contribution is 5.86. The van der Waals surface area contributed by atoms with Crippen LogP contribution in [0.15, 0.2) is 72.8 Å². The van der Waals surface area contributed by atoms with E-state index in [9.17, 15) is 14.7 Å². The van der Waals surface area contributed by atoms with Crippen LogP contribution in [0.3, 0.4) is 0 Å². The second-order valence-electron chi connectivity index (χ2n) is 7.08. The Morgan fingerprint density at radius 2 is 1.35 bits per heavy atom. The molecule has 1 N–H and O–H groups in total. The van der Waals surface area contributed by atoms with Gasteiger partial charge in [-0.1, -0.05) is 72.8 Å². The lowest BCUT2D eigenvalue weighted by atomic mass is 9.82. The third-order valence-corrected chi connectivity index (χ3v) is 5.59. The summed E-state index contributed by atoms with van der Waals surface area (Å²) in [6, 6.07) is 19.1. The van der Waals surface area contributed by atoms with Crippen molar-refractivity contribution in [2.75, 3.05) is 0 Å². The van der Waals surface area contributed by atoms with Crippen molar-refractivity contribution in [1.29, 1.82) is 0 Å². The number of carboxylic acids is 1. The first-order chi connectivity index (χ1) is 12.6. The summed E-state index contributed by atoms with van der Waals surface area (Å²) in [6.07, 6.45) is 4.62. The average Bonchev–Trinajstić information content (AvgIpc) is 3.29. The molecule has 0 aromatic heterocycles. The van der Waals surface area contributed by atoms with Gasteiger partial charge in [-0.3, -0.25) is 4.79 Å². The summed E-state index contributed by atoms with van der Waals surface area (Å²) in [4.78, 5) is 24.7. The minimum absolute atomic E-state index is 0.0184. The number of fused-ring (bicyclic) bond motifs is 2. The van der Waals surface area contributed by atoms with Crippen LogP contribution in [-0.4, -0.2) is 11.9 Å². The van der Waals surface area contributed by atoms with Gasteiger partial charge in [-0.05, 0) is 29.4 Å². The molecule has 0 saturated heterocycles. The number of aliphatic carboxylic acids is 1. The number of hydrogen-bond donors (Lipinski definition) is 1. The Balaban J connectivity index is 1.63. The molecule has 0 unspecified atom stereocenters. The minimum atomic E-state index is -1.13. The molecule has 2 aliphatic carbocycles. The Morgan fingerprint density at radius 1 is 0.846 bits per heavy atom. The van der Waals surface area contributed by atoms with Crippen molar-refractivity contribution >= 4 is 11.9 Å². The normalized spacial score (nSPS) is 26.2. The first kappa shape index (κ1) is 16.6. The highest BCUT2D eigenvalue weighted by Gasteiger charge is 2.49. The molecular formula is C22H20NO3-. The lowest BCUT2D eigenvalue weighted by Crippen LogP contribution is -2.45. The number of rotatable bonds is 5. The van der Waals surface area contributed by atoms with E-state index < -0.39 is 17.8 Å². The molecule has 4 nitrogen and oxygen atoms in total. The molecule has 0 spiro atoms. The molecule has 1 saturated carbocycles. The molecule has 1 fully saturated rings. The van der Waals surface area contributed by atoms with Gasteiger partial charge < -0.3 is 15.2 Å². The van der Waals surface area contributed by atoms with Crippen molar-refractivity contribution in [1.82, 2.24) is 5.32 Å². The second kappa shape index (κ2) is 6.79. The average molecular weight is 346 g/mol. The van der Waals surface area contributed by atoms with Gasteiger partial charge in [0.1, 0.15) is 0 Å². The Labute approximate surface area is 152 Å². The highest BCUT2D eigenvalue weighted by Crippen LogP contribution is 2.48. The van der Waals surface area contributed by atoms with Crippen LogP contribution in [0.4, 0.5) is 0 Å². The van der Waals surface area contributed by atoms with Crippen LogP contribution in [-0.2, 0) is 9.59 Å². The number of allylic oxidation sites excluding steroid dienone is 2. The van der Waals surface area contributed by atoms with Gasteiger partial charge in [0.25, 0.3) is 0 Å². The number of hydrogen-bond acceptors (Lipinski definition) is 3. The summed E-state index contributed by atoms with van der Waals surface area (Å²) in [5, 5.41) is 14.7. The van der Waals surface area contributed by atoms with E-state index in [0.717, 1.165) is 17.5 Å². The van der Waals surface area contributed by atoms with Crippen molar-refractivity contribution in [3.63, 3.8) is 0 Å². The molecule has 4 heteroatoms. The SMILES string of the molecule is O=C([O-])[C@@H]1[C@H](C(=O)NC(c2ccccc2)c2ccccc2)[C@H]2C=C[C@H]1C2. The third-order valence-electron chi connectivity index (χ3n) is 5.59. The van der Waals surface area contributed by atoms with Gasteiger partial charge in [0.05, 0.1) is 12.0 Å². The number of amides is 1. The summed E-state index contributed by atoms with van der Waals surface area (Å²) in [7, 11) is 0.